The molecule has 0 radical (unpaired) electrons. The number of nitrogens with zero attached hydrogens (tertiary/aromatic N) is 4. The average Bonchev–Trinajstić information content (AvgIpc) is 2.80. The van der Waals surface area contributed by atoms with Crippen molar-refractivity contribution in [3.05, 3.63) is 22.5 Å². The molecular weight excluding hydrogens is 224 g/mol. The van der Waals surface area contributed by atoms with Crippen LogP contribution in [0, 0.1) is 10.1 Å². The third kappa shape index (κ3) is 1.91. The first-order chi connectivity index (χ1) is 8.24. The normalized spacial score (nSPS) is 26.0. The summed E-state index contributed by atoms with van der Waals surface area (Å²) in [6.45, 7) is 3.55. The third-order valence-electron chi connectivity index (χ3n) is 3.50. The van der Waals surface area contributed by atoms with Gasteiger partial charge in [-0.15, -0.1) is 0 Å². The molecule has 1 atom stereocenters. The van der Waals surface area contributed by atoms with Crippen LogP contribution in [0.4, 0.5) is 5.69 Å². The molecule has 7 nitrogen and oxygen atoms in total. The maximum absolute atomic E-state index is 10.6. The van der Waals surface area contributed by atoms with Crippen molar-refractivity contribution >= 4 is 5.69 Å². The number of hydrogen-bond acceptors (Lipinski definition) is 5. The number of ether oxygens (including phenoxy) is 1. The first-order valence-electron chi connectivity index (χ1n) is 5.74. The molecule has 2 aliphatic rings. The van der Waals surface area contributed by atoms with Crippen molar-refractivity contribution in [2.24, 2.45) is 0 Å². The molecule has 0 bridgehead atoms. The standard InChI is InChI=1S/C10H14N4O3/c15-14(16)9-3-11-13(5-9)8-1-2-12(4-8)10-6-17-7-10/h3,5,8,10H,1-2,4,6-7H2/t8-/m0/s1. The fourth-order valence-corrected chi connectivity index (χ4v) is 2.37. The molecule has 0 aliphatic carbocycles. The number of likely N-dealkylation sites (tertiary alicyclic amines) is 1. The Labute approximate surface area is 98.1 Å². The number of hydrogen-bond donors (Lipinski definition) is 0. The molecule has 0 saturated carbocycles. The van der Waals surface area contributed by atoms with Crippen molar-refractivity contribution in [3.8, 4) is 0 Å². The summed E-state index contributed by atoms with van der Waals surface area (Å²) in [6.07, 6.45) is 3.83. The highest BCUT2D eigenvalue weighted by molar-refractivity contribution is 5.21. The number of aromatic nitrogens is 2. The van der Waals surface area contributed by atoms with Crippen LogP contribution in [-0.4, -0.2) is 51.9 Å². The van der Waals surface area contributed by atoms with Crippen LogP contribution in [0.2, 0.25) is 0 Å². The van der Waals surface area contributed by atoms with Crippen LogP contribution >= 0.6 is 0 Å². The summed E-state index contributed by atoms with van der Waals surface area (Å²) in [5, 5.41) is 14.7. The van der Waals surface area contributed by atoms with E-state index in [0.717, 1.165) is 32.7 Å². The van der Waals surface area contributed by atoms with Crippen LogP contribution in [0.25, 0.3) is 0 Å². The van der Waals surface area contributed by atoms with E-state index >= 15 is 0 Å². The predicted molar refractivity (Wildman–Crippen MR) is 58.7 cm³/mol. The molecule has 0 unspecified atom stereocenters. The van der Waals surface area contributed by atoms with Crippen LogP contribution in [0.15, 0.2) is 12.4 Å². The molecule has 0 aromatic carbocycles. The quantitative estimate of drug-likeness (QED) is 0.564. The predicted octanol–water partition coefficient (Wildman–Crippen LogP) is 0.437. The molecule has 3 rings (SSSR count). The van der Waals surface area contributed by atoms with Crippen LogP contribution in [0.3, 0.4) is 0 Å². The molecule has 1 aromatic rings. The van der Waals surface area contributed by atoms with E-state index in [1.54, 1.807) is 4.68 Å². The van der Waals surface area contributed by atoms with E-state index in [9.17, 15) is 10.1 Å². The van der Waals surface area contributed by atoms with Crippen LogP contribution in [0.5, 0.6) is 0 Å². The lowest BCUT2D eigenvalue weighted by Crippen LogP contribution is -2.47. The zero-order chi connectivity index (χ0) is 11.8. The molecule has 0 amide bonds. The molecule has 92 valence electrons. The zero-order valence-corrected chi connectivity index (χ0v) is 9.36. The molecule has 2 saturated heterocycles. The van der Waals surface area contributed by atoms with Crippen molar-refractivity contribution in [3.63, 3.8) is 0 Å². The SMILES string of the molecule is O=[N+]([O-])c1cnn([C@H]2CCN(C3COC3)C2)c1. The van der Waals surface area contributed by atoms with Gasteiger partial charge >= 0.3 is 5.69 Å². The van der Waals surface area contributed by atoms with Crippen LogP contribution in [0.1, 0.15) is 12.5 Å². The van der Waals surface area contributed by atoms with Crippen molar-refractivity contribution in [2.75, 3.05) is 26.3 Å². The van der Waals surface area contributed by atoms with Gasteiger partial charge in [-0.25, -0.2) is 0 Å². The Balaban J connectivity index is 1.66. The van der Waals surface area contributed by atoms with Gasteiger partial charge in [0.05, 0.1) is 30.2 Å². The van der Waals surface area contributed by atoms with Gasteiger partial charge in [-0.05, 0) is 6.42 Å². The largest absolute Gasteiger partial charge is 0.378 e. The minimum Gasteiger partial charge on any atom is -0.378 e. The lowest BCUT2D eigenvalue weighted by molar-refractivity contribution is -0.385. The first-order valence-corrected chi connectivity index (χ1v) is 5.74. The Morgan fingerprint density at radius 1 is 1.47 bits per heavy atom. The Morgan fingerprint density at radius 2 is 2.29 bits per heavy atom. The smallest absolute Gasteiger partial charge is 0.307 e. The van der Waals surface area contributed by atoms with E-state index in [2.05, 4.69) is 10.00 Å². The highest BCUT2D eigenvalue weighted by atomic mass is 16.6. The molecule has 0 spiro atoms. The van der Waals surface area contributed by atoms with E-state index in [0.29, 0.717) is 6.04 Å². The minimum atomic E-state index is -0.407. The van der Waals surface area contributed by atoms with Gasteiger partial charge in [0.25, 0.3) is 0 Å². The van der Waals surface area contributed by atoms with E-state index in [-0.39, 0.29) is 11.7 Å². The Bertz CT molecular complexity index is 429. The van der Waals surface area contributed by atoms with Gasteiger partial charge < -0.3 is 4.74 Å². The molecular formula is C10H14N4O3. The van der Waals surface area contributed by atoms with E-state index in [4.69, 9.17) is 4.74 Å². The van der Waals surface area contributed by atoms with Gasteiger partial charge in [0.1, 0.15) is 12.4 Å². The average molecular weight is 238 g/mol. The fraction of sp³-hybridized carbons (Fsp3) is 0.700. The van der Waals surface area contributed by atoms with Gasteiger partial charge in [0, 0.05) is 13.1 Å². The summed E-state index contributed by atoms with van der Waals surface area (Å²) in [6, 6.07) is 0.787. The second-order valence-corrected chi connectivity index (χ2v) is 4.56. The van der Waals surface area contributed by atoms with Gasteiger partial charge in [-0.1, -0.05) is 0 Å². The minimum absolute atomic E-state index is 0.0652. The summed E-state index contributed by atoms with van der Waals surface area (Å²) in [7, 11) is 0. The van der Waals surface area contributed by atoms with Crippen molar-refractivity contribution in [1.82, 2.24) is 14.7 Å². The Morgan fingerprint density at radius 3 is 2.88 bits per heavy atom. The first kappa shape index (κ1) is 10.7. The summed E-state index contributed by atoms with van der Waals surface area (Å²) in [4.78, 5) is 12.6. The zero-order valence-electron chi connectivity index (χ0n) is 9.36. The third-order valence-corrected chi connectivity index (χ3v) is 3.50. The van der Waals surface area contributed by atoms with Gasteiger partial charge in [0.15, 0.2) is 0 Å². The molecule has 0 N–H and O–H groups in total. The summed E-state index contributed by atoms with van der Waals surface area (Å²) < 4.78 is 6.89. The molecule has 1 aromatic heterocycles. The molecule has 2 aliphatic heterocycles. The molecule has 3 heterocycles. The lowest BCUT2D eigenvalue weighted by atomic mass is 10.2. The summed E-state index contributed by atoms with van der Waals surface area (Å²) in [5.74, 6) is 0. The van der Waals surface area contributed by atoms with Crippen LogP contribution < -0.4 is 0 Å². The molecule has 7 heteroatoms. The number of rotatable bonds is 3. The highest BCUT2D eigenvalue weighted by Crippen LogP contribution is 2.26. The molecule has 2 fully saturated rings. The molecule has 17 heavy (non-hydrogen) atoms. The maximum Gasteiger partial charge on any atom is 0.307 e. The van der Waals surface area contributed by atoms with Crippen LogP contribution in [-0.2, 0) is 4.74 Å². The van der Waals surface area contributed by atoms with E-state index in [1.165, 1.54) is 12.4 Å². The fourth-order valence-electron chi connectivity index (χ4n) is 2.37. The highest BCUT2D eigenvalue weighted by Gasteiger charge is 2.33. The van der Waals surface area contributed by atoms with Crippen molar-refractivity contribution in [2.45, 2.75) is 18.5 Å². The Hall–Kier alpha value is -1.47. The summed E-state index contributed by atoms with van der Waals surface area (Å²) in [5.41, 5.74) is 0.0652. The van der Waals surface area contributed by atoms with Crippen molar-refractivity contribution in [1.29, 1.82) is 0 Å². The lowest BCUT2D eigenvalue weighted by Gasteiger charge is -2.34. The van der Waals surface area contributed by atoms with Crippen molar-refractivity contribution < 1.29 is 9.66 Å². The van der Waals surface area contributed by atoms with E-state index in [1.807, 2.05) is 0 Å². The monoisotopic (exact) mass is 238 g/mol. The number of nitro groups is 1. The topological polar surface area (TPSA) is 73.4 Å². The second kappa shape index (κ2) is 4.08. The van der Waals surface area contributed by atoms with Gasteiger partial charge in [0.2, 0.25) is 0 Å². The summed E-state index contributed by atoms with van der Waals surface area (Å²) >= 11 is 0. The van der Waals surface area contributed by atoms with Gasteiger partial charge in [-0.3, -0.25) is 19.7 Å². The second-order valence-electron chi connectivity index (χ2n) is 4.56. The maximum atomic E-state index is 10.6. The van der Waals surface area contributed by atoms with E-state index < -0.39 is 4.92 Å². The van der Waals surface area contributed by atoms with Gasteiger partial charge in [-0.2, -0.15) is 5.10 Å². The Kier molecular flexibility index (Phi) is 2.56.